The van der Waals surface area contributed by atoms with Gasteiger partial charge in [0.15, 0.2) is 0 Å². The maximum Gasteiger partial charge on any atom is 0.408 e. The molecule has 2 nitrogen and oxygen atoms in total. The summed E-state index contributed by atoms with van der Waals surface area (Å²) in [5.74, 6) is 0.577. The Balaban J connectivity index is 2.95. The van der Waals surface area contributed by atoms with Crippen LogP contribution in [-0.4, -0.2) is 31.3 Å². The predicted molar refractivity (Wildman–Crippen MR) is 64.7 cm³/mol. The molecule has 0 aliphatic carbocycles. The molecule has 1 rings (SSSR count). The third-order valence-corrected chi connectivity index (χ3v) is 2.39. The normalized spacial score (nSPS) is 14.1. The third-order valence-electron chi connectivity index (χ3n) is 2.39. The summed E-state index contributed by atoms with van der Waals surface area (Å²) in [6, 6.07) is 4.45. The molecule has 0 N–H and O–H groups in total. The summed E-state index contributed by atoms with van der Waals surface area (Å²) >= 11 is 0. The van der Waals surface area contributed by atoms with Gasteiger partial charge < -0.3 is 4.74 Å². The van der Waals surface area contributed by atoms with E-state index in [0.29, 0.717) is 5.75 Å². The number of ether oxygens (including phenoxy) is 1. The highest BCUT2D eigenvalue weighted by Crippen LogP contribution is 2.36. The van der Waals surface area contributed by atoms with Crippen LogP contribution in [0.3, 0.4) is 0 Å². The van der Waals surface area contributed by atoms with Gasteiger partial charge in [-0.1, -0.05) is 12.1 Å². The van der Waals surface area contributed by atoms with E-state index in [9.17, 15) is 13.2 Å². The van der Waals surface area contributed by atoms with Crippen LogP contribution in [0.2, 0.25) is 0 Å². The fraction of sp³-hybridized carbons (Fsp3) is 0.538. The van der Waals surface area contributed by atoms with Crippen LogP contribution in [0.25, 0.3) is 0 Å². The van der Waals surface area contributed by atoms with Gasteiger partial charge in [-0.25, -0.2) is 0 Å². The molecule has 0 aliphatic heterocycles. The molecule has 1 unspecified atom stereocenters. The van der Waals surface area contributed by atoms with Crippen LogP contribution in [0.15, 0.2) is 24.3 Å². The SMILES string of the molecule is CC(C)Oc1ccc(C(N(C)C)C(F)(F)F)cc1. The molecule has 0 amide bonds. The van der Waals surface area contributed by atoms with Crippen molar-refractivity contribution < 1.29 is 17.9 Å². The first kappa shape index (κ1) is 14.8. The highest BCUT2D eigenvalue weighted by Gasteiger charge is 2.42. The van der Waals surface area contributed by atoms with Crippen molar-refractivity contribution in [3.05, 3.63) is 29.8 Å². The summed E-state index contributed by atoms with van der Waals surface area (Å²) in [6.45, 7) is 3.73. The summed E-state index contributed by atoms with van der Waals surface area (Å²) < 4.78 is 44.1. The van der Waals surface area contributed by atoms with E-state index in [1.165, 1.54) is 26.2 Å². The van der Waals surface area contributed by atoms with Gasteiger partial charge in [0, 0.05) is 0 Å². The minimum absolute atomic E-state index is 0.00288. The van der Waals surface area contributed by atoms with Crippen molar-refractivity contribution in [2.75, 3.05) is 14.1 Å². The lowest BCUT2D eigenvalue weighted by Gasteiger charge is -2.27. The van der Waals surface area contributed by atoms with Crippen LogP contribution < -0.4 is 4.74 Å². The smallest absolute Gasteiger partial charge is 0.408 e. The van der Waals surface area contributed by atoms with Crippen molar-refractivity contribution >= 4 is 0 Å². The highest BCUT2D eigenvalue weighted by atomic mass is 19.4. The highest BCUT2D eigenvalue weighted by molar-refractivity contribution is 5.30. The number of hydrogen-bond acceptors (Lipinski definition) is 2. The number of rotatable bonds is 4. The van der Waals surface area contributed by atoms with Gasteiger partial charge in [0.1, 0.15) is 11.8 Å². The van der Waals surface area contributed by atoms with Crippen LogP contribution >= 0.6 is 0 Å². The van der Waals surface area contributed by atoms with Crippen LogP contribution in [0.4, 0.5) is 13.2 Å². The molecule has 1 aromatic rings. The Labute approximate surface area is 105 Å². The molecule has 1 aromatic carbocycles. The maximum atomic E-state index is 12.9. The summed E-state index contributed by atoms with van der Waals surface area (Å²) in [6.07, 6.45) is -4.28. The minimum atomic E-state index is -4.29. The topological polar surface area (TPSA) is 12.5 Å². The number of benzene rings is 1. The zero-order valence-corrected chi connectivity index (χ0v) is 11.0. The second-order valence-corrected chi connectivity index (χ2v) is 4.64. The van der Waals surface area contributed by atoms with E-state index in [0.717, 1.165) is 4.90 Å². The first-order valence-corrected chi connectivity index (χ1v) is 5.71. The van der Waals surface area contributed by atoms with Gasteiger partial charge in [-0.05, 0) is 45.6 Å². The molecule has 1 atom stereocenters. The molecular formula is C13H18F3NO. The van der Waals surface area contributed by atoms with Crippen LogP contribution in [-0.2, 0) is 0 Å². The zero-order chi connectivity index (χ0) is 13.9. The maximum absolute atomic E-state index is 12.9. The molecule has 0 heterocycles. The number of alkyl halides is 3. The fourth-order valence-corrected chi connectivity index (χ4v) is 1.78. The first-order chi connectivity index (χ1) is 8.21. The molecule has 18 heavy (non-hydrogen) atoms. The van der Waals surface area contributed by atoms with E-state index >= 15 is 0 Å². The standard InChI is InChI=1S/C13H18F3NO/c1-9(2)18-11-7-5-10(6-8-11)12(17(3)4)13(14,15)16/h5-9,12H,1-4H3. The zero-order valence-electron chi connectivity index (χ0n) is 11.0. The average molecular weight is 261 g/mol. The van der Waals surface area contributed by atoms with Crippen molar-refractivity contribution in [3.8, 4) is 5.75 Å². The Morgan fingerprint density at radius 3 is 1.89 bits per heavy atom. The Morgan fingerprint density at radius 1 is 1.06 bits per heavy atom. The molecular weight excluding hydrogens is 243 g/mol. The molecule has 0 bridgehead atoms. The van der Waals surface area contributed by atoms with Crippen LogP contribution in [0.1, 0.15) is 25.5 Å². The van der Waals surface area contributed by atoms with Crippen molar-refractivity contribution in [2.24, 2.45) is 0 Å². The van der Waals surface area contributed by atoms with E-state index in [1.807, 2.05) is 13.8 Å². The van der Waals surface area contributed by atoms with Gasteiger partial charge in [-0.2, -0.15) is 13.2 Å². The van der Waals surface area contributed by atoms with Gasteiger partial charge in [0.25, 0.3) is 0 Å². The van der Waals surface area contributed by atoms with Crippen molar-refractivity contribution in [2.45, 2.75) is 32.2 Å². The second-order valence-electron chi connectivity index (χ2n) is 4.64. The quantitative estimate of drug-likeness (QED) is 0.820. The molecule has 0 radical (unpaired) electrons. The summed E-state index contributed by atoms with van der Waals surface area (Å²) in [4.78, 5) is 1.15. The Bertz CT molecular complexity index is 371. The number of nitrogens with zero attached hydrogens (tertiary/aromatic N) is 1. The molecule has 0 aromatic heterocycles. The van der Waals surface area contributed by atoms with E-state index in [-0.39, 0.29) is 11.7 Å². The van der Waals surface area contributed by atoms with Gasteiger partial charge >= 0.3 is 6.18 Å². The van der Waals surface area contributed by atoms with Crippen molar-refractivity contribution in [1.29, 1.82) is 0 Å². The molecule has 0 saturated heterocycles. The Hall–Kier alpha value is -1.23. The van der Waals surface area contributed by atoms with Gasteiger partial charge in [0.05, 0.1) is 6.10 Å². The second kappa shape index (κ2) is 5.61. The fourth-order valence-electron chi connectivity index (χ4n) is 1.78. The molecule has 102 valence electrons. The van der Waals surface area contributed by atoms with Gasteiger partial charge in [-0.15, -0.1) is 0 Å². The summed E-state index contributed by atoms with van der Waals surface area (Å²) in [7, 11) is 2.83. The van der Waals surface area contributed by atoms with E-state index < -0.39 is 12.2 Å². The first-order valence-electron chi connectivity index (χ1n) is 5.71. The molecule has 0 fully saturated rings. The summed E-state index contributed by atoms with van der Waals surface area (Å²) in [5.41, 5.74) is 0.212. The minimum Gasteiger partial charge on any atom is -0.491 e. The predicted octanol–water partition coefficient (Wildman–Crippen LogP) is 3.64. The lowest BCUT2D eigenvalue weighted by atomic mass is 10.1. The Kier molecular flexibility index (Phi) is 4.62. The number of halogens is 3. The van der Waals surface area contributed by atoms with Crippen molar-refractivity contribution in [3.63, 3.8) is 0 Å². The Morgan fingerprint density at radius 2 is 1.56 bits per heavy atom. The molecule has 0 aliphatic rings. The molecule has 5 heteroatoms. The summed E-state index contributed by atoms with van der Waals surface area (Å²) in [5, 5.41) is 0. The van der Waals surface area contributed by atoms with E-state index in [2.05, 4.69) is 0 Å². The van der Waals surface area contributed by atoms with Gasteiger partial charge in [0.2, 0.25) is 0 Å². The lowest BCUT2D eigenvalue weighted by molar-refractivity contribution is -0.179. The number of hydrogen-bond donors (Lipinski definition) is 0. The third kappa shape index (κ3) is 3.91. The van der Waals surface area contributed by atoms with Gasteiger partial charge in [-0.3, -0.25) is 4.90 Å². The van der Waals surface area contributed by atoms with E-state index in [1.54, 1.807) is 12.1 Å². The van der Waals surface area contributed by atoms with Crippen molar-refractivity contribution in [1.82, 2.24) is 4.90 Å². The lowest BCUT2D eigenvalue weighted by Crippen LogP contribution is -2.33. The average Bonchev–Trinajstić information content (AvgIpc) is 2.17. The van der Waals surface area contributed by atoms with Crippen LogP contribution in [0, 0.1) is 0 Å². The largest absolute Gasteiger partial charge is 0.491 e. The molecule has 0 saturated carbocycles. The van der Waals surface area contributed by atoms with Crippen LogP contribution in [0.5, 0.6) is 5.75 Å². The van der Waals surface area contributed by atoms with E-state index in [4.69, 9.17) is 4.74 Å². The monoisotopic (exact) mass is 261 g/mol. The molecule has 0 spiro atoms.